The molecule has 26 heavy (non-hydrogen) atoms. The molecule has 3 rings (SSSR count). The highest BCUT2D eigenvalue weighted by Gasteiger charge is 2.19. The second-order valence-corrected chi connectivity index (χ2v) is 6.45. The molecule has 136 valence electrons. The second kappa shape index (κ2) is 7.43. The van der Waals surface area contributed by atoms with Crippen molar-refractivity contribution in [2.75, 3.05) is 19.0 Å². The standard InChI is InChI=1S/C19H22N4O3/c1-12-4-6-15(20-9-12)10-23(3)19(25)21-13(2)14-5-7-17-16(8-14)22-18(24)11-26-17/h4-9,13H,10-11H2,1-3H3,(H,21,25)(H,22,24)/t13-/m1/s1. The maximum atomic E-state index is 12.4. The predicted molar refractivity (Wildman–Crippen MR) is 98.0 cm³/mol. The lowest BCUT2D eigenvalue weighted by atomic mass is 10.1. The first-order valence-electron chi connectivity index (χ1n) is 8.42. The fourth-order valence-electron chi connectivity index (χ4n) is 2.66. The number of aryl methyl sites for hydroxylation is 1. The zero-order valence-corrected chi connectivity index (χ0v) is 15.1. The van der Waals surface area contributed by atoms with Gasteiger partial charge in [0.1, 0.15) is 5.75 Å². The molecule has 1 aliphatic heterocycles. The van der Waals surface area contributed by atoms with Gasteiger partial charge in [-0.2, -0.15) is 0 Å². The van der Waals surface area contributed by atoms with E-state index in [1.807, 2.05) is 38.1 Å². The van der Waals surface area contributed by atoms with Crippen LogP contribution >= 0.6 is 0 Å². The molecule has 0 bridgehead atoms. The molecule has 7 nitrogen and oxygen atoms in total. The predicted octanol–water partition coefficient (Wildman–Crippen LogP) is 2.62. The summed E-state index contributed by atoms with van der Waals surface area (Å²) in [6, 6.07) is 8.96. The number of amides is 3. The minimum absolute atomic E-state index is 0.0243. The number of benzene rings is 1. The molecule has 0 unspecified atom stereocenters. The van der Waals surface area contributed by atoms with Crippen LogP contribution in [0.25, 0.3) is 0 Å². The molecule has 1 atom stereocenters. The van der Waals surface area contributed by atoms with Gasteiger partial charge in [0.05, 0.1) is 24.0 Å². The minimum Gasteiger partial charge on any atom is -0.482 e. The quantitative estimate of drug-likeness (QED) is 0.884. The van der Waals surface area contributed by atoms with Crippen molar-refractivity contribution in [2.45, 2.75) is 26.4 Å². The van der Waals surface area contributed by atoms with E-state index < -0.39 is 0 Å². The summed E-state index contributed by atoms with van der Waals surface area (Å²) in [6.45, 7) is 4.31. The SMILES string of the molecule is Cc1ccc(CN(C)C(=O)N[C@H](C)c2ccc3c(c2)NC(=O)CO3)nc1. The van der Waals surface area contributed by atoms with Crippen LogP contribution in [0.15, 0.2) is 36.5 Å². The van der Waals surface area contributed by atoms with Crippen molar-refractivity contribution in [3.05, 3.63) is 53.3 Å². The van der Waals surface area contributed by atoms with E-state index in [4.69, 9.17) is 4.74 Å². The zero-order valence-electron chi connectivity index (χ0n) is 15.1. The van der Waals surface area contributed by atoms with Gasteiger partial charge in [0.2, 0.25) is 0 Å². The highest BCUT2D eigenvalue weighted by atomic mass is 16.5. The van der Waals surface area contributed by atoms with E-state index in [2.05, 4.69) is 15.6 Å². The van der Waals surface area contributed by atoms with Gasteiger partial charge in [-0.1, -0.05) is 12.1 Å². The summed E-state index contributed by atoms with van der Waals surface area (Å²) in [5.74, 6) is 0.450. The van der Waals surface area contributed by atoms with Gasteiger partial charge < -0.3 is 20.3 Å². The lowest BCUT2D eigenvalue weighted by Crippen LogP contribution is -2.38. The number of nitrogens with zero attached hydrogens (tertiary/aromatic N) is 2. The molecular formula is C19H22N4O3. The number of hydrogen-bond donors (Lipinski definition) is 2. The Morgan fingerprint density at radius 1 is 1.38 bits per heavy atom. The molecule has 2 heterocycles. The number of carbonyl (C=O) groups is 2. The Morgan fingerprint density at radius 2 is 2.19 bits per heavy atom. The summed E-state index contributed by atoms with van der Waals surface area (Å²) in [6.07, 6.45) is 1.78. The van der Waals surface area contributed by atoms with E-state index in [0.29, 0.717) is 18.0 Å². The van der Waals surface area contributed by atoms with E-state index in [0.717, 1.165) is 16.8 Å². The van der Waals surface area contributed by atoms with Crippen molar-refractivity contribution >= 4 is 17.6 Å². The normalized spacial score (nSPS) is 13.9. The molecule has 1 aromatic heterocycles. The van der Waals surface area contributed by atoms with Crippen molar-refractivity contribution in [1.82, 2.24) is 15.2 Å². The van der Waals surface area contributed by atoms with Crippen LogP contribution in [0.4, 0.5) is 10.5 Å². The van der Waals surface area contributed by atoms with Crippen molar-refractivity contribution in [3.8, 4) is 5.75 Å². The molecule has 2 aromatic rings. The van der Waals surface area contributed by atoms with Crippen LogP contribution in [0.2, 0.25) is 0 Å². The van der Waals surface area contributed by atoms with Gasteiger partial charge in [0.15, 0.2) is 6.61 Å². The summed E-state index contributed by atoms with van der Waals surface area (Å²) in [5.41, 5.74) is 3.41. The smallest absolute Gasteiger partial charge is 0.317 e. The van der Waals surface area contributed by atoms with E-state index in [1.54, 1.807) is 24.2 Å². The van der Waals surface area contributed by atoms with Gasteiger partial charge in [-0.25, -0.2) is 4.79 Å². The van der Waals surface area contributed by atoms with Crippen LogP contribution in [0.5, 0.6) is 5.75 Å². The number of pyridine rings is 1. The highest BCUT2D eigenvalue weighted by Crippen LogP contribution is 2.30. The van der Waals surface area contributed by atoms with Crippen LogP contribution in [0, 0.1) is 6.92 Å². The molecule has 2 N–H and O–H groups in total. The van der Waals surface area contributed by atoms with E-state index in [-0.39, 0.29) is 24.6 Å². The van der Waals surface area contributed by atoms with Crippen molar-refractivity contribution in [2.24, 2.45) is 0 Å². The number of carbonyl (C=O) groups excluding carboxylic acids is 2. The Labute approximate surface area is 152 Å². The molecule has 0 spiro atoms. The molecule has 0 aliphatic carbocycles. The molecule has 0 saturated heterocycles. The number of nitrogens with one attached hydrogen (secondary N) is 2. The van der Waals surface area contributed by atoms with Crippen LogP contribution < -0.4 is 15.4 Å². The van der Waals surface area contributed by atoms with Crippen molar-refractivity contribution < 1.29 is 14.3 Å². The third-order valence-electron chi connectivity index (χ3n) is 4.19. The van der Waals surface area contributed by atoms with Crippen LogP contribution in [-0.2, 0) is 11.3 Å². The Hall–Kier alpha value is -3.09. The van der Waals surface area contributed by atoms with E-state index in [9.17, 15) is 9.59 Å². The fourth-order valence-corrected chi connectivity index (χ4v) is 2.66. The molecule has 0 radical (unpaired) electrons. The average molecular weight is 354 g/mol. The fraction of sp³-hybridized carbons (Fsp3) is 0.316. The van der Waals surface area contributed by atoms with Crippen LogP contribution in [0.1, 0.15) is 29.8 Å². The number of hydrogen-bond acceptors (Lipinski definition) is 4. The summed E-state index contributed by atoms with van der Waals surface area (Å²) in [7, 11) is 1.73. The van der Waals surface area contributed by atoms with E-state index >= 15 is 0 Å². The first-order valence-corrected chi connectivity index (χ1v) is 8.42. The lowest BCUT2D eigenvalue weighted by Gasteiger charge is -2.23. The topological polar surface area (TPSA) is 83.6 Å². The molecule has 7 heteroatoms. The Balaban J connectivity index is 1.62. The first-order chi connectivity index (χ1) is 12.4. The Morgan fingerprint density at radius 3 is 2.92 bits per heavy atom. The number of anilines is 1. The Kier molecular flexibility index (Phi) is 5.06. The van der Waals surface area contributed by atoms with Gasteiger partial charge in [-0.05, 0) is 43.2 Å². The maximum absolute atomic E-state index is 12.4. The van der Waals surface area contributed by atoms with Gasteiger partial charge >= 0.3 is 6.03 Å². The number of aromatic nitrogens is 1. The third-order valence-corrected chi connectivity index (χ3v) is 4.19. The Bertz CT molecular complexity index is 820. The summed E-state index contributed by atoms with van der Waals surface area (Å²) >= 11 is 0. The summed E-state index contributed by atoms with van der Waals surface area (Å²) in [5, 5.41) is 5.72. The largest absolute Gasteiger partial charge is 0.482 e. The summed E-state index contributed by atoms with van der Waals surface area (Å²) in [4.78, 5) is 29.8. The lowest BCUT2D eigenvalue weighted by molar-refractivity contribution is -0.118. The van der Waals surface area contributed by atoms with Gasteiger partial charge in [-0.3, -0.25) is 9.78 Å². The molecule has 0 fully saturated rings. The van der Waals surface area contributed by atoms with E-state index in [1.165, 1.54) is 0 Å². The number of fused-ring (bicyclic) bond motifs is 1. The van der Waals surface area contributed by atoms with Crippen LogP contribution in [0.3, 0.4) is 0 Å². The third kappa shape index (κ3) is 4.11. The number of ether oxygens (including phenoxy) is 1. The number of urea groups is 1. The van der Waals surface area contributed by atoms with Gasteiger partial charge in [-0.15, -0.1) is 0 Å². The molecule has 0 saturated carbocycles. The van der Waals surface area contributed by atoms with Crippen LogP contribution in [-0.4, -0.2) is 35.5 Å². The minimum atomic E-state index is -0.222. The zero-order chi connectivity index (χ0) is 18.7. The second-order valence-electron chi connectivity index (χ2n) is 6.45. The van der Waals surface area contributed by atoms with Crippen molar-refractivity contribution in [3.63, 3.8) is 0 Å². The van der Waals surface area contributed by atoms with Crippen molar-refractivity contribution in [1.29, 1.82) is 0 Å². The molecular weight excluding hydrogens is 332 g/mol. The first kappa shape index (κ1) is 17.7. The average Bonchev–Trinajstić information content (AvgIpc) is 2.62. The highest BCUT2D eigenvalue weighted by molar-refractivity contribution is 5.95. The van der Waals surface area contributed by atoms with Gasteiger partial charge in [0, 0.05) is 13.2 Å². The molecule has 1 aromatic carbocycles. The summed E-state index contributed by atoms with van der Waals surface area (Å²) < 4.78 is 5.35. The molecule has 1 aliphatic rings. The monoisotopic (exact) mass is 354 g/mol. The molecule has 3 amide bonds. The maximum Gasteiger partial charge on any atom is 0.317 e. The van der Waals surface area contributed by atoms with Gasteiger partial charge in [0.25, 0.3) is 5.91 Å². The number of rotatable bonds is 4.